The summed E-state index contributed by atoms with van der Waals surface area (Å²) in [6, 6.07) is 5.22. The zero-order valence-electron chi connectivity index (χ0n) is 12.5. The van der Waals surface area contributed by atoms with Gasteiger partial charge in [0.15, 0.2) is 0 Å². The third kappa shape index (κ3) is 4.28. The van der Waals surface area contributed by atoms with Crippen molar-refractivity contribution in [3.05, 3.63) is 35.7 Å². The molecule has 1 aliphatic rings. The number of benzene rings is 1. The van der Waals surface area contributed by atoms with Crippen LogP contribution in [0.15, 0.2) is 33.6 Å². The lowest BCUT2D eigenvalue weighted by Gasteiger charge is -2.07. The fourth-order valence-electron chi connectivity index (χ4n) is 2.63. The van der Waals surface area contributed by atoms with Crippen LogP contribution in [0.3, 0.4) is 0 Å². The Hall–Kier alpha value is -2.03. The summed E-state index contributed by atoms with van der Waals surface area (Å²) in [6.45, 7) is 0. The second kappa shape index (κ2) is 6.84. The van der Waals surface area contributed by atoms with Crippen LogP contribution in [0.25, 0.3) is 0 Å². The van der Waals surface area contributed by atoms with Crippen LogP contribution in [0.2, 0.25) is 0 Å². The number of aromatic nitrogens is 2. The van der Waals surface area contributed by atoms with E-state index in [0.717, 1.165) is 25.7 Å². The number of amides is 1. The molecule has 24 heavy (non-hydrogen) atoms. The maximum Gasteiger partial charge on any atom is 0.446 e. The van der Waals surface area contributed by atoms with Gasteiger partial charge in [0.05, 0.1) is 0 Å². The lowest BCUT2D eigenvalue weighted by molar-refractivity contribution is -0.0328. The van der Waals surface area contributed by atoms with Crippen LogP contribution in [0.5, 0.6) is 0 Å². The molecule has 3 rings (SSSR count). The molecule has 9 heteroatoms. The smallest absolute Gasteiger partial charge is 0.408 e. The van der Waals surface area contributed by atoms with E-state index in [1.165, 1.54) is 24.3 Å². The molecule has 0 spiro atoms. The van der Waals surface area contributed by atoms with E-state index >= 15 is 0 Å². The minimum Gasteiger partial charge on any atom is -0.408 e. The number of hydrogen-bond donors (Lipinski definition) is 1. The Kier molecular flexibility index (Phi) is 4.79. The predicted octanol–water partition coefficient (Wildman–Crippen LogP) is 4.59. The second-order valence-corrected chi connectivity index (χ2v) is 6.60. The van der Waals surface area contributed by atoms with Gasteiger partial charge in [-0.25, -0.2) is 0 Å². The molecule has 5 nitrogen and oxygen atoms in total. The van der Waals surface area contributed by atoms with Gasteiger partial charge in [0, 0.05) is 16.4 Å². The van der Waals surface area contributed by atoms with Crippen LogP contribution in [0.4, 0.5) is 19.2 Å². The molecule has 1 saturated carbocycles. The minimum absolute atomic E-state index is 0.0456. The Balaban J connectivity index is 1.67. The second-order valence-electron chi connectivity index (χ2n) is 5.46. The number of thioether (sulfide) groups is 1. The van der Waals surface area contributed by atoms with E-state index in [0.29, 0.717) is 5.89 Å². The van der Waals surface area contributed by atoms with Crippen LogP contribution in [-0.4, -0.2) is 21.6 Å². The summed E-state index contributed by atoms with van der Waals surface area (Å²) in [5.74, 6) is 0.111. The topological polar surface area (TPSA) is 68.0 Å². The van der Waals surface area contributed by atoms with E-state index in [1.54, 1.807) is 0 Å². The van der Waals surface area contributed by atoms with E-state index in [9.17, 15) is 18.0 Å². The fraction of sp³-hybridized carbons (Fsp3) is 0.400. The number of rotatable bonds is 4. The molecule has 1 aromatic heterocycles. The average Bonchev–Trinajstić information content (AvgIpc) is 3.16. The van der Waals surface area contributed by atoms with Crippen molar-refractivity contribution in [1.29, 1.82) is 0 Å². The van der Waals surface area contributed by atoms with Gasteiger partial charge in [-0.3, -0.25) is 10.1 Å². The maximum absolute atomic E-state index is 12.4. The summed E-state index contributed by atoms with van der Waals surface area (Å²) in [6.07, 6.45) is 4.18. The Morgan fingerprint density at radius 2 is 2.00 bits per heavy atom. The van der Waals surface area contributed by atoms with Crippen LogP contribution >= 0.6 is 11.8 Å². The molecule has 1 amide bonds. The lowest BCUT2D eigenvalue weighted by Crippen LogP contribution is -2.12. The number of halogens is 3. The number of alkyl halides is 3. The van der Waals surface area contributed by atoms with E-state index in [-0.39, 0.29) is 34.2 Å². The first-order chi connectivity index (χ1) is 11.4. The number of hydrogen-bond acceptors (Lipinski definition) is 5. The van der Waals surface area contributed by atoms with E-state index < -0.39 is 11.4 Å². The average molecular weight is 357 g/mol. The summed E-state index contributed by atoms with van der Waals surface area (Å²) in [5.41, 5.74) is -4.32. The molecule has 0 radical (unpaired) electrons. The van der Waals surface area contributed by atoms with Crippen molar-refractivity contribution in [2.24, 2.45) is 0 Å². The molecule has 0 saturated heterocycles. The van der Waals surface area contributed by atoms with Gasteiger partial charge in [-0.05, 0) is 42.8 Å². The molecule has 0 aliphatic heterocycles. The minimum atomic E-state index is -4.40. The number of nitrogens with one attached hydrogen (secondary N) is 1. The molecule has 1 aliphatic carbocycles. The van der Waals surface area contributed by atoms with Crippen LogP contribution in [0.1, 0.15) is 47.8 Å². The Morgan fingerprint density at radius 3 is 2.71 bits per heavy atom. The first-order valence-corrected chi connectivity index (χ1v) is 8.23. The van der Waals surface area contributed by atoms with E-state index in [1.807, 2.05) is 0 Å². The third-order valence-corrected chi connectivity index (χ3v) is 4.42. The lowest BCUT2D eigenvalue weighted by atomic mass is 10.1. The van der Waals surface area contributed by atoms with Crippen molar-refractivity contribution < 1.29 is 22.4 Å². The van der Waals surface area contributed by atoms with Crippen LogP contribution < -0.4 is 5.32 Å². The summed E-state index contributed by atoms with van der Waals surface area (Å²) >= 11 is -0.272. The summed E-state index contributed by atoms with van der Waals surface area (Å²) in [5, 5.41) is 10.1. The third-order valence-electron chi connectivity index (χ3n) is 3.70. The number of carbonyl (C=O) groups excluding carboxylic acids is 1. The molecular weight excluding hydrogens is 343 g/mol. The first-order valence-electron chi connectivity index (χ1n) is 7.41. The highest BCUT2D eigenvalue weighted by molar-refractivity contribution is 8.00. The Labute approximate surface area is 140 Å². The standard InChI is InChI=1S/C15H14F3N3O2S/c16-15(17,18)24-11-7-3-6-10(8-11)12(22)19-14-21-20-13(23-14)9-4-1-2-5-9/h3,6-9H,1-2,4-5H2,(H,19,21,22). The maximum atomic E-state index is 12.4. The summed E-state index contributed by atoms with van der Waals surface area (Å²) < 4.78 is 42.6. The van der Waals surface area contributed by atoms with Crippen LogP contribution in [0, 0.1) is 0 Å². The fourth-order valence-corrected chi connectivity index (χ4v) is 3.23. The first kappa shape index (κ1) is 16.8. The number of nitrogens with zero attached hydrogens (tertiary/aromatic N) is 2. The van der Waals surface area contributed by atoms with Gasteiger partial charge >= 0.3 is 11.5 Å². The molecule has 1 aromatic carbocycles. The van der Waals surface area contributed by atoms with Crippen LogP contribution in [-0.2, 0) is 0 Å². The highest BCUT2D eigenvalue weighted by Gasteiger charge is 2.29. The molecule has 1 heterocycles. The summed E-state index contributed by atoms with van der Waals surface area (Å²) in [7, 11) is 0. The van der Waals surface area contributed by atoms with Gasteiger partial charge in [-0.1, -0.05) is 24.0 Å². The van der Waals surface area contributed by atoms with Crippen molar-refractivity contribution in [2.75, 3.05) is 5.32 Å². The molecule has 0 unspecified atom stereocenters. The zero-order valence-corrected chi connectivity index (χ0v) is 13.3. The van der Waals surface area contributed by atoms with Gasteiger partial charge in [0.25, 0.3) is 5.91 Å². The Morgan fingerprint density at radius 1 is 1.25 bits per heavy atom. The molecule has 128 valence electrons. The van der Waals surface area contributed by atoms with Crippen molar-refractivity contribution in [3.8, 4) is 0 Å². The van der Waals surface area contributed by atoms with Crippen molar-refractivity contribution in [1.82, 2.24) is 10.2 Å². The van der Waals surface area contributed by atoms with Gasteiger partial charge in [0.1, 0.15) is 0 Å². The highest BCUT2D eigenvalue weighted by atomic mass is 32.2. The quantitative estimate of drug-likeness (QED) is 0.811. The summed E-state index contributed by atoms with van der Waals surface area (Å²) in [4.78, 5) is 12.1. The van der Waals surface area contributed by atoms with Gasteiger partial charge in [0.2, 0.25) is 5.89 Å². The van der Waals surface area contributed by atoms with Crippen molar-refractivity contribution in [2.45, 2.75) is 42.0 Å². The molecule has 2 aromatic rings. The molecule has 0 atom stereocenters. The molecular formula is C15H14F3N3O2S. The monoisotopic (exact) mass is 357 g/mol. The van der Waals surface area contributed by atoms with Crippen molar-refractivity contribution >= 4 is 23.7 Å². The largest absolute Gasteiger partial charge is 0.446 e. The highest BCUT2D eigenvalue weighted by Crippen LogP contribution is 2.37. The molecule has 1 N–H and O–H groups in total. The van der Waals surface area contributed by atoms with E-state index in [2.05, 4.69) is 15.5 Å². The molecule has 1 fully saturated rings. The Bertz CT molecular complexity index is 727. The van der Waals surface area contributed by atoms with E-state index in [4.69, 9.17) is 4.42 Å². The number of anilines is 1. The van der Waals surface area contributed by atoms with Gasteiger partial charge in [-0.15, -0.1) is 5.10 Å². The zero-order chi connectivity index (χ0) is 17.2. The normalized spacial score (nSPS) is 15.6. The van der Waals surface area contributed by atoms with Gasteiger partial charge in [-0.2, -0.15) is 13.2 Å². The number of carbonyl (C=O) groups is 1. The molecule has 0 bridgehead atoms. The van der Waals surface area contributed by atoms with Gasteiger partial charge < -0.3 is 4.42 Å². The van der Waals surface area contributed by atoms with Crippen molar-refractivity contribution in [3.63, 3.8) is 0 Å². The SMILES string of the molecule is O=C(Nc1nnc(C2CCCC2)o1)c1cccc(SC(F)(F)F)c1. The predicted molar refractivity (Wildman–Crippen MR) is 81.8 cm³/mol.